The molecule has 636 valence electrons. The summed E-state index contributed by atoms with van der Waals surface area (Å²) in [7, 11) is 9.00. The van der Waals surface area contributed by atoms with E-state index in [1.165, 1.54) is 97.0 Å². The smallest absolute Gasteiger partial charge is 0.300 e. The fraction of sp³-hybridized carbons (Fsp3) is 0.613. The highest BCUT2D eigenvalue weighted by molar-refractivity contribution is 14.1. The number of halogens is 11. The Labute approximate surface area is 801 Å². The van der Waals surface area contributed by atoms with Crippen LogP contribution >= 0.6 is 305 Å². The lowest BCUT2D eigenvalue weighted by atomic mass is 10.4. The summed E-state index contributed by atoms with van der Waals surface area (Å²) in [5.74, 6) is 1.65. The van der Waals surface area contributed by atoms with Crippen LogP contribution in [0.15, 0.2) is 24.8 Å². The van der Waals surface area contributed by atoms with E-state index in [1.54, 1.807) is 66.1 Å². The van der Waals surface area contributed by atoms with Gasteiger partial charge in [0.1, 0.15) is 23.2 Å². The molecule has 0 fully saturated rings. The van der Waals surface area contributed by atoms with E-state index in [0.717, 1.165) is 40.0 Å². The molecule has 0 aromatic carbocycles. The molecule has 6 rings (SSSR count). The Morgan fingerprint density at radius 3 is 0.644 bits per heavy atom. The van der Waals surface area contributed by atoms with E-state index in [2.05, 4.69) is 362 Å². The van der Waals surface area contributed by atoms with Crippen molar-refractivity contribution in [1.82, 2.24) is 58.3 Å². The monoisotopic (exact) mass is 2740 g/mol. The van der Waals surface area contributed by atoms with Crippen molar-refractivity contribution in [3.8, 4) is 0 Å². The third kappa shape index (κ3) is 239. The first-order valence-electron chi connectivity index (χ1n) is 28.0. The summed E-state index contributed by atoms with van der Waals surface area (Å²) in [4.78, 5) is 83.4. The summed E-state index contributed by atoms with van der Waals surface area (Å²) < 4.78 is 0. The minimum atomic E-state index is -0.833. The van der Waals surface area contributed by atoms with Crippen LogP contribution in [-0.2, 0) is 14.4 Å². The third-order valence-electron chi connectivity index (χ3n) is 6.15. The first-order valence-corrected chi connectivity index (χ1v) is 53.6. The van der Waals surface area contributed by atoms with Gasteiger partial charge in [-0.15, -0.1) is 45.3 Å². The number of aromatic amines is 2. The summed E-state index contributed by atoms with van der Waals surface area (Å²) in [5, 5.41) is 18.8. The maximum Gasteiger partial charge on any atom is 0.300 e. The number of nitrogens with one attached hydrogen (secondary N) is 3. The van der Waals surface area contributed by atoms with E-state index in [9.17, 15) is 9.59 Å². The zero-order valence-electron chi connectivity index (χ0n) is 69.4. The predicted octanol–water partition coefficient (Wildman–Crippen LogP) is 20.1. The van der Waals surface area contributed by atoms with Crippen LogP contribution in [0.5, 0.6) is 0 Å². The molecule has 0 amide bonds. The van der Waals surface area contributed by atoms with Crippen LogP contribution in [0.1, 0.15) is 122 Å². The minimum Gasteiger partial charge on any atom is -0.481 e. The number of aliphatic carboxylic acids is 1. The summed E-state index contributed by atoms with van der Waals surface area (Å²) in [6.07, 6.45) is 7.41. The number of carboxylic acids is 1. The first kappa shape index (κ1) is 174. The molecule has 0 aliphatic rings. The molecule has 104 heavy (non-hydrogen) atoms. The number of nitrogens with zero attached hydrogens (tertiary/aromatic N) is 6. The summed E-state index contributed by atoms with van der Waals surface area (Å²) >= 11 is 41.0. The van der Waals surface area contributed by atoms with E-state index in [1.807, 2.05) is 145 Å². The summed E-state index contributed by atoms with van der Waals surface area (Å²) in [5.41, 5.74) is 46.0. The quantitative estimate of drug-likeness (QED) is 0.0252. The number of nitrogens with two attached hydrogens (primary N) is 9. The Morgan fingerprint density at radius 2 is 0.615 bits per heavy atom. The molecule has 0 aliphatic carbocycles. The van der Waals surface area contributed by atoms with E-state index in [4.69, 9.17) is 32.5 Å². The number of carboxylic acid groups (broad SMARTS) is 1. The second kappa shape index (κ2) is 169. The first-order chi connectivity index (χ1) is 47.4. The van der Waals surface area contributed by atoms with E-state index >= 15 is 0 Å². The van der Waals surface area contributed by atoms with Crippen molar-refractivity contribution in [3.05, 3.63) is 98.8 Å². The number of aromatic nitrogens is 8. The number of thiazole rings is 4. The Hall–Kier alpha value is 2.17. The van der Waals surface area contributed by atoms with Crippen molar-refractivity contribution in [3.63, 3.8) is 0 Å². The maximum absolute atomic E-state index is 10.1. The number of alkyl halides is 11. The summed E-state index contributed by atoms with van der Waals surface area (Å²) in [6, 6.07) is 0. The number of thiocarbonyl (C=S) groups is 2. The van der Waals surface area contributed by atoms with Gasteiger partial charge in [0.15, 0.2) is 0 Å². The third-order valence-corrected chi connectivity index (χ3v) is 11.2. The number of imidazole rings is 2. The van der Waals surface area contributed by atoms with Crippen LogP contribution < -0.4 is 70.1 Å². The molecule has 6 aromatic heterocycles. The van der Waals surface area contributed by atoms with Gasteiger partial charge in [-0.1, -0.05) is 260 Å². The number of aryl methyl sites for hydroxylation is 14. The number of ketones is 2. The van der Waals surface area contributed by atoms with Gasteiger partial charge in [0.05, 0.1) is 57.4 Å². The van der Waals surface area contributed by atoms with Gasteiger partial charge in [0.2, 0.25) is 0 Å². The number of carbonyl (C=O) groups excluding carboxylic acids is 2. The Bertz CT molecular complexity index is 2060. The second-order valence-electron chi connectivity index (χ2n) is 14.5. The molecule has 0 spiro atoms. The topological polar surface area (TPSA) is 543 Å². The number of hydrogen-bond donors (Lipinski definition) is 16. The molecular weight excluding hydrogens is 2600 g/mol. The number of Topliss-reactive ketones (excluding diaryl/α,β-unsaturated/α-hetero) is 2. The van der Waals surface area contributed by atoms with Crippen LogP contribution in [0.4, 0.5) is 0 Å². The molecule has 42 heteroatoms. The fourth-order valence-electron chi connectivity index (χ4n) is 3.29. The van der Waals surface area contributed by atoms with E-state index in [0.29, 0.717) is 15.3 Å². The van der Waals surface area contributed by atoms with E-state index < -0.39 is 5.97 Å². The van der Waals surface area contributed by atoms with Gasteiger partial charge < -0.3 is 85.1 Å². The SMILES string of the molecule is CC(=N)N.CC(=O)C(C)Br.CC(=O)CBr.CC(=O)O.CC(N)=S.CC(N)=S.CI.CI.CI.CI.CI.CI.CI.CI.CI.CN.CN.CN.CN.CN.CN.Cc1cnc(C)[nH]1.Cc1cnc(C)[nH]1.Cc1cnc(C)s1.Cc1cnc(C)s1.Cc1nc(C)c(C)s1.Cc1nc(C)c(C)s1.N.N.N. The average molecular weight is 2740 g/mol. The highest BCUT2D eigenvalue weighted by atomic mass is 127. The van der Waals surface area contributed by atoms with Gasteiger partial charge in [-0.25, -0.2) is 29.9 Å². The number of amidine groups is 1. The van der Waals surface area contributed by atoms with Gasteiger partial charge >= 0.3 is 0 Å². The molecule has 31 N–H and O–H groups in total. The molecule has 6 heterocycles. The van der Waals surface area contributed by atoms with Crippen molar-refractivity contribution >= 4 is 338 Å². The fourth-order valence-corrected chi connectivity index (χ4v) is 6.28. The molecule has 6 aromatic rings. The normalized spacial score (nSPS) is 7.05. The van der Waals surface area contributed by atoms with Crippen LogP contribution in [0, 0.1) is 102 Å². The van der Waals surface area contributed by atoms with Gasteiger partial charge in [0.25, 0.3) is 5.97 Å². The Morgan fingerprint density at radius 1 is 0.452 bits per heavy atom. The number of hydrogen-bond acceptors (Lipinski definition) is 25. The van der Waals surface area contributed by atoms with Gasteiger partial charge in [-0.2, -0.15) is 0 Å². The van der Waals surface area contributed by atoms with Crippen molar-refractivity contribution in [1.29, 1.82) is 5.41 Å². The predicted molar refractivity (Wildman–Crippen MR) is 577 cm³/mol. The largest absolute Gasteiger partial charge is 0.481 e. The standard InChI is InChI=1S/2C6H9NS.2C5H8N2.2C5H7NS.C4H7BrO.C3H5BrO.C2H6N2.2C2H5NS.C2H4O2.9CH3I.6CH5N.3H3N/c2*1-4-5(2)8-6(3)7-4;4*1-4-3-6-5(2)7-4;1-3(5)4(2)6;1-3(5)2-4;4*1-2(3)4;15*1-2;;;/h2*1-3H3;2*3H,1-2H3,(H,6,7);2*3H,1-2H3;3H,1-2H3;2H2,1H3;1H3,(H3,3,4);2*1H3,(H2,3,4);1H3,(H,3,4);9*1H3;6*2H2,1H3;3*1H3. The molecule has 1 atom stereocenters. The molecule has 0 saturated heterocycles. The van der Waals surface area contributed by atoms with Crippen LogP contribution in [-0.4, -0.2) is 175 Å². The zero-order valence-corrected chi connectivity index (χ0v) is 96.9. The molecule has 0 saturated carbocycles. The van der Waals surface area contributed by atoms with Crippen molar-refractivity contribution in [2.75, 3.05) is 92.0 Å². The molecule has 1 unspecified atom stereocenters. The number of rotatable bonds is 2. The second-order valence-corrected chi connectivity index (χ2v) is 23.4. The van der Waals surface area contributed by atoms with Crippen LogP contribution in [0.25, 0.3) is 0 Å². The minimum absolute atomic E-state index is 0. The maximum atomic E-state index is 10.1. The lowest BCUT2D eigenvalue weighted by Gasteiger charge is -1.88. The van der Waals surface area contributed by atoms with Crippen LogP contribution in [0.2, 0.25) is 0 Å². The van der Waals surface area contributed by atoms with Crippen molar-refractivity contribution in [2.45, 2.75) is 150 Å². The van der Waals surface area contributed by atoms with Gasteiger partial charge in [-0.3, -0.25) is 19.8 Å². The van der Waals surface area contributed by atoms with Crippen LogP contribution in [0.3, 0.4) is 0 Å². The zero-order chi connectivity index (χ0) is 87.1. The molecular formula is C62H146Br2I9N21O4S6. The van der Waals surface area contributed by atoms with Crippen molar-refractivity contribution < 1.29 is 19.5 Å². The Balaban J connectivity index is -0.0000000296. The molecule has 0 radical (unpaired) electrons. The molecule has 25 nitrogen and oxygen atoms in total. The average Bonchev–Trinajstić information content (AvgIpc) is 1.80. The highest BCUT2D eigenvalue weighted by Crippen LogP contribution is 2.15. The number of H-pyrrole nitrogens is 2. The lowest BCUT2D eigenvalue weighted by Crippen LogP contribution is -2.01. The molecule has 0 aliphatic heterocycles. The van der Waals surface area contributed by atoms with Crippen molar-refractivity contribution in [2.24, 2.45) is 51.6 Å². The number of carbonyl (C=O) groups is 3. The summed E-state index contributed by atoms with van der Waals surface area (Å²) in [6.45, 7) is 39.2. The highest BCUT2D eigenvalue weighted by Gasteiger charge is 1.98. The Kier molecular flexibility index (Phi) is 283. The molecule has 0 bridgehead atoms. The van der Waals surface area contributed by atoms with Gasteiger partial charge in [0, 0.05) is 62.6 Å². The lowest BCUT2D eigenvalue weighted by molar-refractivity contribution is -0.134. The van der Waals surface area contributed by atoms with Gasteiger partial charge in [-0.05, 0) is 225 Å². The van der Waals surface area contributed by atoms with E-state index in [-0.39, 0.29) is 40.7 Å².